The zero-order chi connectivity index (χ0) is 19.3. The number of anilines is 1. The fraction of sp³-hybridized carbons (Fsp3) is 0.350. The molecule has 1 aliphatic carbocycles. The molecule has 1 aliphatic rings. The molecule has 0 spiro atoms. The minimum atomic E-state index is -3.55. The fourth-order valence-electron chi connectivity index (χ4n) is 3.26. The molecule has 27 heavy (non-hydrogen) atoms. The topological polar surface area (TPSA) is 84.5 Å². The van der Waals surface area contributed by atoms with Gasteiger partial charge in [-0.25, -0.2) is 13.1 Å². The van der Waals surface area contributed by atoms with Crippen molar-refractivity contribution in [2.75, 3.05) is 12.4 Å². The summed E-state index contributed by atoms with van der Waals surface area (Å²) in [6.07, 6.45) is 5.04. The summed E-state index contributed by atoms with van der Waals surface area (Å²) in [6.45, 7) is 0. The predicted molar refractivity (Wildman–Crippen MR) is 105 cm³/mol. The summed E-state index contributed by atoms with van der Waals surface area (Å²) in [5.41, 5.74) is 0.929. The number of ether oxygens (including phenoxy) is 1. The third-order valence-electron chi connectivity index (χ3n) is 4.70. The van der Waals surface area contributed by atoms with Gasteiger partial charge in [0.2, 0.25) is 10.0 Å². The Morgan fingerprint density at radius 3 is 2.33 bits per heavy atom. The average Bonchev–Trinajstić information content (AvgIpc) is 2.68. The maximum absolute atomic E-state index is 12.5. The summed E-state index contributed by atoms with van der Waals surface area (Å²) < 4.78 is 33.0. The van der Waals surface area contributed by atoms with Crippen LogP contribution in [0.5, 0.6) is 5.75 Å². The van der Waals surface area contributed by atoms with E-state index in [2.05, 4.69) is 10.0 Å². The Morgan fingerprint density at radius 2 is 1.67 bits per heavy atom. The highest BCUT2D eigenvalue weighted by Gasteiger charge is 2.22. The molecule has 1 fully saturated rings. The van der Waals surface area contributed by atoms with Crippen LogP contribution in [0.25, 0.3) is 0 Å². The van der Waals surface area contributed by atoms with Gasteiger partial charge in [0.15, 0.2) is 0 Å². The van der Waals surface area contributed by atoms with Gasteiger partial charge in [-0.1, -0.05) is 31.4 Å². The van der Waals surface area contributed by atoms with E-state index in [1.807, 2.05) is 0 Å². The molecule has 0 radical (unpaired) electrons. The Kier molecular flexibility index (Phi) is 6.13. The lowest BCUT2D eigenvalue weighted by molar-refractivity contribution is 0.102. The van der Waals surface area contributed by atoms with E-state index < -0.39 is 10.0 Å². The van der Waals surface area contributed by atoms with E-state index in [1.165, 1.54) is 25.7 Å². The van der Waals surface area contributed by atoms with Crippen molar-refractivity contribution in [1.82, 2.24) is 4.72 Å². The second kappa shape index (κ2) is 8.54. The van der Waals surface area contributed by atoms with E-state index >= 15 is 0 Å². The second-order valence-electron chi connectivity index (χ2n) is 6.64. The van der Waals surface area contributed by atoms with Crippen LogP contribution in [0.4, 0.5) is 5.69 Å². The second-order valence-corrected chi connectivity index (χ2v) is 8.35. The van der Waals surface area contributed by atoms with Crippen LogP contribution in [0, 0.1) is 0 Å². The molecule has 0 heterocycles. The maximum atomic E-state index is 12.5. The summed E-state index contributed by atoms with van der Waals surface area (Å²) in [7, 11) is -2.05. The predicted octanol–water partition coefficient (Wildman–Crippen LogP) is 3.56. The monoisotopic (exact) mass is 388 g/mol. The van der Waals surface area contributed by atoms with Crippen LogP contribution in [0.1, 0.15) is 42.5 Å². The van der Waals surface area contributed by atoms with Gasteiger partial charge in [-0.05, 0) is 49.2 Å². The number of benzene rings is 2. The van der Waals surface area contributed by atoms with Crippen LogP contribution in [0.15, 0.2) is 53.4 Å². The lowest BCUT2D eigenvalue weighted by atomic mass is 9.96. The van der Waals surface area contributed by atoms with Crippen LogP contribution in [-0.2, 0) is 10.0 Å². The van der Waals surface area contributed by atoms with Gasteiger partial charge in [0.05, 0.1) is 17.6 Å². The number of nitrogens with one attached hydrogen (secondary N) is 2. The molecule has 1 amide bonds. The third-order valence-corrected chi connectivity index (χ3v) is 6.24. The van der Waals surface area contributed by atoms with Crippen LogP contribution in [0.2, 0.25) is 0 Å². The maximum Gasteiger partial charge on any atom is 0.259 e. The van der Waals surface area contributed by atoms with Crippen LogP contribution >= 0.6 is 0 Å². The van der Waals surface area contributed by atoms with Crippen molar-refractivity contribution in [1.29, 1.82) is 0 Å². The van der Waals surface area contributed by atoms with Gasteiger partial charge in [0.1, 0.15) is 5.75 Å². The van der Waals surface area contributed by atoms with E-state index in [4.69, 9.17) is 4.74 Å². The molecule has 0 saturated heterocycles. The standard InChI is InChI=1S/C20H24N2O4S/c1-26-19-10-6-5-9-18(19)20(23)21-15-11-13-17(14-12-15)27(24,25)22-16-7-3-2-4-8-16/h5-6,9-14,16,22H,2-4,7-8H2,1H3,(H,21,23). The zero-order valence-electron chi connectivity index (χ0n) is 15.3. The SMILES string of the molecule is COc1ccccc1C(=O)Nc1ccc(S(=O)(=O)NC2CCCCC2)cc1. The number of rotatable bonds is 6. The molecule has 1 saturated carbocycles. The summed E-state index contributed by atoms with van der Waals surface area (Å²) in [4.78, 5) is 12.6. The molecule has 0 aromatic heterocycles. The molecule has 7 heteroatoms. The number of carbonyl (C=O) groups is 1. The summed E-state index contributed by atoms with van der Waals surface area (Å²) >= 11 is 0. The number of hydrogen-bond acceptors (Lipinski definition) is 4. The Morgan fingerprint density at radius 1 is 1.00 bits per heavy atom. The quantitative estimate of drug-likeness (QED) is 0.792. The Hall–Kier alpha value is -2.38. The van der Waals surface area contributed by atoms with Crippen molar-refractivity contribution in [2.45, 2.75) is 43.0 Å². The Balaban J connectivity index is 1.68. The van der Waals surface area contributed by atoms with E-state index in [9.17, 15) is 13.2 Å². The van der Waals surface area contributed by atoms with Gasteiger partial charge in [-0.2, -0.15) is 0 Å². The van der Waals surface area contributed by atoms with Crippen LogP contribution < -0.4 is 14.8 Å². The smallest absolute Gasteiger partial charge is 0.259 e. The summed E-state index contributed by atoms with van der Waals surface area (Å²) in [5.74, 6) is 0.161. The Labute approximate surface area is 160 Å². The van der Waals surface area contributed by atoms with Crippen LogP contribution in [0.3, 0.4) is 0 Å². The van der Waals surface area contributed by atoms with Gasteiger partial charge in [0.25, 0.3) is 5.91 Å². The third kappa shape index (κ3) is 4.87. The molecule has 3 rings (SSSR count). The van der Waals surface area contributed by atoms with Crippen molar-refractivity contribution in [2.24, 2.45) is 0 Å². The minimum absolute atomic E-state index is 0.00803. The number of carbonyl (C=O) groups excluding carboxylic acids is 1. The highest BCUT2D eigenvalue weighted by Crippen LogP contribution is 2.22. The van der Waals surface area contributed by atoms with E-state index in [0.29, 0.717) is 17.0 Å². The molecule has 6 nitrogen and oxygen atoms in total. The fourth-order valence-corrected chi connectivity index (χ4v) is 4.56. The number of methoxy groups -OCH3 is 1. The lowest BCUT2D eigenvalue weighted by Crippen LogP contribution is -2.36. The molecule has 0 unspecified atom stereocenters. The molecule has 0 aliphatic heterocycles. The summed E-state index contributed by atoms with van der Waals surface area (Å²) in [6, 6.07) is 13.1. The van der Waals surface area contributed by atoms with Crippen molar-refractivity contribution < 1.29 is 17.9 Å². The van der Waals surface area contributed by atoms with Crippen molar-refractivity contribution in [3.8, 4) is 5.75 Å². The van der Waals surface area contributed by atoms with Gasteiger partial charge >= 0.3 is 0 Å². The average molecular weight is 388 g/mol. The highest BCUT2D eigenvalue weighted by molar-refractivity contribution is 7.89. The molecule has 0 atom stereocenters. The molecule has 2 N–H and O–H groups in total. The van der Waals surface area contributed by atoms with Gasteiger partial charge in [-0.15, -0.1) is 0 Å². The molecule has 0 bridgehead atoms. The van der Waals surface area contributed by atoms with Crippen molar-refractivity contribution in [3.63, 3.8) is 0 Å². The van der Waals surface area contributed by atoms with Gasteiger partial charge in [-0.3, -0.25) is 4.79 Å². The minimum Gasteiger partial charge on any atom is -0.496 e. The summed E-state index contributed by atoms with van der Waals surface area (Å²) in [5, 5.41) is 2.76. The first-order chi connectivity index (χ1) is 13.0. The highest BCUT2D eigenvalue weighted by atomic mass is 32.2. The first-order valence-electron chi connectivity index (χ1n) is 9.06. The number of sulfonamides is 1. The lowest BCUT2D eigenvalue weighted by Gasteiger charge is -2.22. The molecular formula is C20H24N2O4S. The van der Waals surface area contributed by atoms with Crippen molar-refractivity contribution >= 4 is 21.6 Å². The van der Waals surface area contributed by atoms with Gasteiger partial charge in [0, 0.05) is 11.7 Å². The number of para-hydroxylation sites is 1. The number of hydrogen-bond donors (Lipinski definition) is 2. The molecule has 144 valence electrons. The normalized spacial score (nSPS) is 15.3. The molecular weight excluding hydrogens is 364 g/mol. The van der Waals surface area contributed by atoms with Crippen LogP contribution in [-0.4, -0.2) is 27.5 Å². The number of amides is 1. The molecule has 2 aromatic carbocycles. The van der Waals surface area contributed by atoms with E-state index in [1.54, 1.807) is 36.4 Å². The van der Waals surface area contributed by atoms with Crippen molar-refractivity contribution in [3.05, 3.63) is 54.1 Å². The van der Waals surface area contributed by atoms with Gasteiger partial charge < -0.3 is 10.1 Å². The Bertz CT molecular complexity index is 888. The zero-order valence-corrected chi connectivity index (χ0v) is 16.1. The largest absolute Gasteiger partial charge is 0.496 e. The first-order valence-corrected chi connectivity index (χ1v) is 10.5. The van der Waals surface area contributed by atoms with E-state index in [0.717, 1.165) is 25.7 Å². The first kappa shape index (κ1) is 19.4. The van der Waals surface area contributed by atoms with E-state index in [-0.39, 0.29) is 16.8 Å². The molecule has 2 aromatic rings.